The molecule has 33 heavy (non-hydrogen) atoms. The van der Waals surface area contributed by atoms with Crippen LogP contribution in [0.2, 0.25) is 0 Å². The maximum atomic E-state index is 13.1. The number of fused-ring (bicyclic) bond motifs is 3. The van der Waals surface area contributed by atoms with Crippen LogP contribution in [0.25, 0.3) is 0 Å². The monoisotopic (exact) mass is 449 g/mol. The molecule has 8 nitrogen and oxygen atoms in total. The molecule has 1 heterocycles. The second-order valence-electron chi connectivity index (χ2n) is 8.86. The Balaban J connectivity index is 1.63. The van der Waals surface area contributed by atoms with Gasteiger partial charge in [0.05, 0.1) is 18.4 Å². The van der Waals surface area contributed by atoms with Crippen molar-refractivity contribution in [2.75, 3.05) is 13.2 Å². The van der Waals surface area contributed by atoms with E-state index >= 15 is 0 Å². The van der Waals surface area contributed by atoms with Gasteiger partial charge in [-0.15, -0.1) is 0 Å². The van der Waals surface area contributed by atoms with Crippen LogP contribution in [0.1, 0.15) is 31.2 Å². The number of hydroxylamine groups is 2. The van der Waals surface area contributed by atoms with Crippen molar-refractivity contribution in [3.8, 4) is 5.75 Å². The zero-order valence-corrected chi connectivity index (χ0v) is 18.0. The highest BCUT2D eigenvalue weighted by molar-refractivity contribution is 6.23. The SMILES string of the molecule is CC1=CC(=O)C2=C(C[C@@H]3C(=CC[C@@H]4C(=O)N(O)C(=O)[C@@H]43)[C@@H]2c2ccc(OCCO)cc2)C1=O. The number of allylic oxidation sites excluding steroid dienone is 6. The van der Waals surface area contributed by atoms with Crippen molar-refractivity contribution in [1.82, 2.24) is 5.06 Å². The van der Waals surface area contributed by atoms with E-state index < -0.39 is 35.5 Å². The lowest BCUT2D eigenvalue weighted by molar-refractivity contribution is -0.173. The van der Waals surface area contributed by atoms with E-state index in [0.29, 0.717) is 22.5 Å². The second kappa shape index (κ2) is 7.90. The number of ether oxygens (including phenoxy) is 1. The van der Waals surface area contributed by atoms with Crippen LogP contribution < -0.4 is 4.74 Å². The van der Waals surface area contributed by atoms with E-state index in [1.807, 2.05) is 6.08 Å². The maximum absolute atomic E-state index is 13.1. The molecule has 1 aromatic rings. The first-order chi connectivity index (χ1) is 15.8. The summed E-state index contributed by atoms with van der Waals surface area (Å²) < 4.78 is 5.43. The molecule has 0 aromatic heterocycles. The third-order valence-corrected chi connectivity index (χ3v) is 7.11. The lowest BCUT2D eigenvalue weighted by Gasteiger charge is -2.42. The molecule has 0 spiro atoms. The average molecular weight is 449 g/mol. The molecule has 2 amide bonds. The van der Waals surface area contributed by atoms with E-state index in [1.165, 1.54) is 6.08 Å². The number of carbonyl (C=O) groups is 4. The average Bonchev–Trinajstić information content (AvgIpc) is 3.04. The normalized spacial score (nSPS) is 28.9. The fraction of sp³-hybridized carbons (Fsp3) is 0.360. The van der Waals surface area contributed by atoms with Gasteiger partial charge < -0.3 is 9.84 Å². The van der Waals surface area contributed by atoms with Crippen LogP contribution >= 0.6 is 0 Å². The molecule has 8 heteroatoms. The number of ketones is 2. The molecule has 1 fully saturated rings. The van der Waals surface area contributed by atoms with E-state index in [0.717, 1.165) is 11.1 Å². The highest BCUT2D eigenvalue weighted by atomic mass is 16.5. The van der Waals surface area contributed by atoms with Crippen LogP contribution in [0.3, 0.4) is 0 Å². The van der Waals surface area contributed by atoms with E-state index in [2.05, 4.69) is 0 Å². The molecular weight excluding hydrogens is 426 g/mol. The number of carbonyl (C=O) groups excluding carboxylic acids is 4. The Hall–Kier alpha value is -3.36. The smallest absolute Gasteiger partial charge is 0.257 e. The van der Waals surface area contributed by atoms with Crippen LogP contribution in [-0.2, 0) is 19.2 Å². The fourth-order valence-corrected chi connectivity index (χ4v) is 5.66. The van der Waals surface area contributed by atoms with Gasteiger partial charge in [0.15, 0.2) is 11.6 Å². The summed E-state index contributed by atoms with van der Waals surface area (Å²) in [7, 11) is 0. The highest BCUT2D eigenvalue weighted by Gasteiger charge is 2.56. The summed E-state index contributed by atoms with van der Waals surface area (Å²) in [6.07, 6.45) is 3.72. The number of aliphatic hydroxyl groups is 1. The van der Waals surface area contributed by atoms with Crippen molar-refractivity contribution in [2.24, 2.45) is 17.8 Å². The molecule has 4 aliphatic rings. The van der Waals surface area contributed by atoms with Gasteiger partial charge in [-0.2, -0.15) is 5.06 Å². The number of hydrogen-bond donors (Lipinski definition) is 2. The number of amides is 2. The van der Waals surface area contributed by atoms with Crippen molar-refractivity contribution < 1.29 is 34.2 Å². The summed E-state index contributed by atoms with van der Waals surface area (Å²) in [6.45, 7) is 1.63. The Morgan fingerprint density at radius 1 is 1.06 bits per heavy atom. The summed E-state index contributed by atoms with van der Waals surface area (Å²) in [5.41, 5.74) is 2.73. The van der Waals surface area contributed by atoms with Crippen LogP contribution in [0.5, 0.6) is 5.75 Å². The number of imide groups is 1. The Morgan fingerprint density at radius 3 is 2.48 bits per heavy atom. The van der Waals surface area contributed by atoms with Gasteiger partial charge in [0.1, 0.15) is 12.4 Å². The van der Waals surface area contributed by atoms with Crippen molar-refractivity contribution in [3.05, 3.63) is 64.3 Å². The molecule has 2 N–H and O–H groups in total. The maximum Gasteiger partial charge on any atom is 0.257 e. The molecule has 1 aliphatic heterocycles. The molecule has 5 rings (SSSR count). The molecule has 0 bridgehead atoms. The van der Waals surface area contributed by atoms with Gasteiger partial charge in [-0.05, 0) is 49.5 Å². The predicted molar refractivity (Wildman–Crippen MR) is 114 cm³/mol. The minimum Gasteiger partial charge on any atom is -0.491 e. The van der Waals surface area contributed by atoms with Crippen LogP contribution in [-0.4, -0.2) is 52.0 Å². The molecule has 0 unspecified atom stereocenters. The van der Waals surface area contributed by atoms with Crippen molar-refractivity contribution >= 4 is 23.4 Å². The largest absolute Gasteiger partial charge is 0.491 e. The second-order valence-corrected chi connectivity index (χ2v) is 8.86. The van der Waals surface area contributed by atoms with E-state index in [1.54, 1.807) is 31.2 Å². The van der Waals surface area contributed by atoms with Gasteiger partial charge in [0, 0.05) is 22.6 Å². The molecule has 170 valence electrons. The van der Waals surface area contributed by atoms with Gasteiger partial charge in [0.25, 0.3) is 11.8 Å². The van der Waals surface area contributed by atoms with Crippen molar-refractivity contribution in [1.29, 1.82) is 0 Å². The minimum atomic E-state index is -0.764. The lowest BCUT2D eigenvalue weighted by atomic mass is 9.59. The fourth-order valence-electron chi connectivity index (χ4n) is 5.66. The van der Waals surface area contributed by atoms with Crippen LogP contribution in [0, 0.1) is 17.8 Å². The Bertz CT molecular complexity index is 1170. The van der Waals surface area contributed by atoms with Gasteiger partial charge >= 0.3 is 0 Å². The van der Waals surface area contributed by atoms with Gasteiger partial charge in [-0.3, -0.25) is 24.4 Å². The Labute approximate surface area is 189 Å². The number of Topliss-reactive ketones (excluding diaryl/α,β-unsaturated/α-hetero) is 1. The quantitative estimate of drug-likeness (QED) is 0.312. The van der Waals surface area contributed by atoms with Gasteiger partial charge in [-0.25, -0.2) is 0 Å². The highest BCUT2D eigenvalue weighted by Crippen LogP contribution is 2.54. The molecule has 3 aliphatic carbocycles. The number of hydrogen-bond acceptors (Lipinski definition) is 7. The molecular formula is C25H23NO7. The molecule has 4 atom stereocenters. The molecule has 0 radical (unpaired) electrons. The van der Waals surface area contributed by atoms with Crippen LogP contribution in [0.15, 0.2) is 58.7 Å². The van der Waals surface area contributed by atoms with E-state index in [9.17, 15) is 24.4 Å². The van der Waals surface area contributed by atoms with Gasteiger partial charge in [0.2, 0.25) is 0 Å². The number of aliphatic hydroxyl groups excluding tert-OH is 1. The van der Waals surface area contributed by atoms with Crippen molar-refractivity contribution in [2.45, 2.75) is 25.7 Å². The first-order valence-corrected chi connectivity index (χ1v) is 10.9. The van der Waals surface area contributed by atoms with Crippen LogP contribution in [0.4, 0.5) is 0 Å². The Kier molecular flexibility index (Phi) is 5.14. The summed E-state index contributed by atoms with van der Waals surface area (Å²) in [5, 5.41) is 19.2. The third kappa shape index (κ3) is 3.20. The first-order valence-electron chi connectivity index (χ1n) is 10.9. The zero-order chi connectivity index (χ0) is 23.4. The standard InChI is InChI=1S/C25H23NO7/c1-12-10-19(28)22-18(23(12)29)11-17-15(6-7-16-21(17)25(31)26(32)24(16)30)20(22)13-2-4-14(5-3-13)33-9-8-27/h2-6,10,16-17,20-21,27,32H,7-9,11H2,1H3/t16-,17+,20-,21-/m0/s1. The van der Waals surface area contributed by atoms with E-state index in [4.69, 9.17) is 9.84 Å². The third-order valence-electron chi connectivity index (χ3n) is 7.11. The molecule has 1 aromatic carbocycles. The first kappa shape index (κ1) is 21.5. The number of nitrogens with zero attached hydrogens (tertiary/aromatic N) is 1. The summed E-state index contributed by atoms with van der Waals surface area (Å²) in [5.74, 6) is -3.61. The number of benzene rings is 1. The topological polar surface area (TPSA) is 121 Å². The molecule has 0 saturated carbocycles. The summed E-state index contributed by atoms with van der Waals surface area (Å²) in [6, 6.07) is 7.08. The van der Waals surface area contributed by atoms with E-state index in [-0.39, 0.29) is 42.7 Å². The minimum absolute atomic E-state index is 0.116. The predicted octanol–water partition coefficient (Wildman–Crippen LogP) is 1.88. The Morgan fingerprint density at radius 2 is 1.79 bits per heavy atom. The summed E-state index contributed by atoms with van der Waals surface area (Å²) >= 11 is 0. The lowest BCUT2D eigenvalue weighted by Crippen LogP contribution is -2.39. The number of rotatable bonds is 4. The summed E-state index contributed by atoms with van der Waals surface area (Å²) in [4.78, 5) is 51.4. The van der Waals surface area contributed by atoms with Gasteiger partial charge in [-0.1, -0.05) is 23.8 Å². The molecule has 1 saturated heterocycles. The van der Waals surface area contributed by atoms with Crippen molar-refractivity contribution in [3.63, 3.8) is 0 Å². The zero-order valence-electron chi connectivity index (χ0n) is 18.0.